The van der Waals surface area contributed by atoms with Crippen LogP contribution in [-0.4, -0.2) is 66.4 Å². The lowest BCUT2D eigenvalue weighted by Crippen LogP contribution is -2.58. The van der Waals surface area contributed by atoms with Gasteiger partial charge in [0.05, 0.1) is 6.54 Å². The predicted molar refractivity (Wildman–Crippen MR) is 123 cm³/mol. The van der Waals surface area contributed by atoms with Crippen molar-refractivity contribution in [2.24, 2.45) is 5.10 Å². The van der Waals surface area contributed by atoms with Crippen molar-refractivity contribution < 1.29 is 22.7 Å². The van der Waals surface area contributed by atoms with Crippen molar-refractivity contribution in [3.63, 3.8) is 0 Å². The van der Waals surface area contributed by atoms with Crippen LogP contribution in [0.2, 0.25) is 0 Å². The number of halogens is 3. The Morgan fingerprint density at radius 1 is 1.09 bits per heavy atom. The predicted octanol–water partition coefficient (Wildman–Crippen LogP) is 4.01. The third-order valence-electron chi connectivity index (χ3n) is 6.28. The Labute approximate surface area is 196 Å². The maximum Gasteiger partial charge on any atom is 0.446 e. The number of anilines is 1. The van der Waals surface area contributed by atoms with Gasteiger partial charge in [-0.15, -0.1) is 5.10 Å². The van der Waals surface area contributed by atoms with Gasteiger partial charge in [0.2, 0.25) is 5.90 Å². The Hall–Kier alpha value is -3.27. The van der Waals surface area contributed by atoms with Gasteiger partial charge in [-0.3, -0.25) is 15.2 Å². The maximum absolute atomic E-state index is 13.6. The molecule has 2 aromatic rings. The first kappa shape index (κ1) is 23.9. The molecule has 2 aromatic carbocycles. The summed E-state index contributed by atoms with van der Waals surface area (Å²) >= 11 is 0. The van der Waals surface area contributed by atoms with Crippen molar-refractivity contribution in [3.8, 4) is 0 Å². The molecule has 2 amide bonds. The van der Waals surface area contributed by atoms with E-state index in [1.807, 2.05) is 40.7 Å². The van der Waals surface area contributed by atoms with Crippen LogP contribution in [-0.2, 0) is 11.3 Å². The molecule has 0 aliphatic carbocycles. The molecule has 3 atom stereocenters. The highest BCUT2D eigenvalue weighted by Gasteiger charge is 2.45. The molecule has 2 aliphatic heterocycles. The number of urea groups is 1. The molecule has 34 heavy (non-hydrogen) atoms. The first-order valence-corrected chi connectivity index (χ1v) is 11.1. The molecule has 0 aromatic heterocycles. The van der Waals surface area contributed by atoms with Gasteiger partial charge in [0.25, 0.3) is 6.23 Å². The number of carbonyl (C=O) groups excluding carboxylic acids is 1. The third-order valence-corrected chi connectivity index (χ3v) is 6.28. The van der Waals surface area contributed by atoms with Crippen molar-refractivity contribution >= 4 is 17.6 Å². The molecule has 1 saturated heterocycles. The maximum atomic E-state index is 13.6. The lowest BCUT2D eigenvalue weighted by molar-refractivity contribution is -0.201. The molecule has 0 radical (unpaired) electrons. The Morgan fingerprint density at radius 2 is 1.71 bits per heavy atom. The number of amides is 2. The van der Waals surface area contributed by atoms with Crippen LogP contribution in [0.1, 0.15) is 25.0 Å². The molecular weight excluding hydrogens is 447 g/mol. The highest BCUT2D eigenvalue weighted by atomic mass is 19.4. The zero-order chi connectivity index (χ0) is 24.5. The molecule has 182 valence electrons. The highest BCUT2D eigenvalue weighted by molar-refractivity contribution is 5.95. The van der Waals surface area contributed by atoms with E-state index in [2.05, 4.69) is 30.9 Å². The average Bonchev–Trinajstić information content (AvgIpc) is 3.32. The van der Waals surface area contributed by atoms with Crippen molar-refractivity contribution in [2.45, 2.75) is 44.9 Å². The molecular formula is C24H28F3N5O2. The second-order valence-electron chi connectivity index (χ2n) is 8.76. The van der Waals surface area contributed by atoms with E-state index >= 15 is 0 Å². The Kier molecular flexibility index (Phi) is 6.70. The zero-order valence-electron chi connectivity index (χ0n) is 19.3. The number of hydrogen-bond acceptors (Lipinski definition) is 5. The average molecular weight is 476 g/mol. The first-order chi connectivity index (χ1) is 16.1. The van der Waals surface area contributed by atoms with Crippen LogP contribution in [0.5, 0.6) is 0 Å². The molecule has 1 N–H and O–H groups in total. The second-order valence-corrected chi connectivity index (χ2v) is 8.76. The number of benzene rings is 2. The van der Waals surface area contributed by atoms with Crippen LogP contribution in [0.3, 0.4) is 0 Å². The van der Waals surface area contributed by atoms with E-state index in [0.29, 0.717) is 25.2 Å². The van der Waals surface area contributed by atoms with Crippen molar-refractivity contribution in [3.05, 3.63) is 65.7 Å². The standard InChI is InChI=1S/C24H28F3N5O2/c1-16-13-31(14-17(2)30(16)3)23(33)32(20-7-5-4-6-8-20)15-18-9-11-19(12-10-18)21-28-29-22(34-21)24(25,26)27/h4-12,16-17,22,29H,13-15H2,1-3H3. The highest BCUT2D eigenvalue weighted by Crippen LogP contribution is 2.26. The van der Waals surface area contributed by atoms with Crippen molar-refractivity contribution in [2.75, 3.05) is 25.0 Å². The summed E-state index contributed by atoms with van der Waals surface area (Å²) in [4.78, 5) is 19.5. The molecule has 3 unspecified atom stereocenters. The Bertz CT molecular complexity index is 1020. The number of nitrogens with one attached hydrogen (secondary N) is 1. The molecule has 7 nitrogen and oxygen atoms in total. The minimum absolute atomic E-state index is 0.0807. The SMILES string of the molecule is CC1CN(C(=O)N(Cc2ccc(C3=NNC(C(F)(F)F)O3)cc2)c2ccccc2)CC(C)N1C. The monoisotopic (exact) mass is 475 g/mol. The van der Waals surface area contributed by atoms with E-state index in [4.69, 9.17) is 4.74 Å². The number of carbonyl (C=O) groups is 1. The molecule has 4 rings (SSSR count). The number of hydrogen-bond donors (Lipinski definition) is 1. The van der Waals surface area contributed by atoms with E-state index in [1.165, 1.54) is 0 Å². The minimum Gasteiger partial charge on any atom is -0.441 e. The number of likely N-dealkylation sites (N-methyl/N-ethyl adjacent to an activating group) is 1. The van der Waals surface area contributed by atoms with Gasteiger partial charge in [0.1, 0.15) is 0 Å². The van der Waals surface area contributed by atoms with Crippen LogP contribution in [0, 0.1) is 0 Å². The number of rotatable bonds is 4. The molecule has 2 aliphatic rings. The normalized spacial score (nSPS) is 23.2. The minimum atomic E-state index is -4.56. The number of piperazine rings is 1. The molecule has 0 spiro atoms. The topological polar surface area (TPSA) is 60.4 Å². The number of hydrazone groups is 1. The number of nitrogens with zero attached hydrogens (tertiary/aromatic N) is 4. The van der Waals surface area contributed by atoms with E-state index in [0.717, 1.165) is 11.3 Å². The summed E-state index contributed by atoms with van der Waals surface area (Å²) in [5.41, 5.74) is 3.98. The van der Waals surface area contributed by atoms with Crippen LogP contribution in [0.4, 0.5) is 23.7 Å². The summed E-state index contributed by atoms with van der Waals surface area (Å²) in [6.45, 7) is 5.79. The fourth-order valence-electron chi connectivity index (χ4n) is 4.10. The quantitative estimate of drug-likeness (QED) is 0.726. The Morgan fingerprint density at radius 3 is 2.26 bits per heavy atom. The van der Waals surface area contributed by atoms with E-state index in [9.17, 15) is 18.0 Å². The van der Waals surface area contributed by atoms with E-state index in [-0.39, 0.29) is 24.0 Å². The van der Waals surface area contributed by atoms with Gasteiger partial charge >= 0.3 is 12.2 Å². The molecule has 2 heterocycles. The lowest BCUT2D eigenvalue weighted by Gasteiger charge is -2.43. The van der Waals surface area contributed by atoms with Gasteiger partial charge in [-0.25, -0.2) is 4.79 Å². The smallest absolute Gasteiger partial charge is 0.441 e. The fraction of sp³-hybridized carbons (Fsp3) is 0.417. The largest absolute Gasteiger partial charge is 0.446 e. The summed E-state index contributed by atoms with van der Waals surface area (Å²) in [6, 6.07) is 16.6. The first-order valence-electron chi connectivity index (χ1n) is 11.1. The van der Waals surface area contributed by atoms with Gasteiger partial charge in [0.15, 0.2) is 0 Å². The third kappa shape index (κ3) is 5.11. The van der Waals surface area contributed by atoms with Crippen molar-refractivity contribution in [1.82, 2.24) is 15.2 Å². The van der Waals surface area contributed by atoms with E-state index < -0.39 is 12.4 Å². The zero-order valence-corrected chi connectivity index (χ0v) is 19.3. The van der Waals surface area contributed by atoms with Gasteiger partial charge in [-0.1, -0.05) is 30.3 Å². The van der Waals surface area contributed by atoms with Crippen LogP contribution >= 0.6 is 0 Å². The number of para-hydroxylation sites is 1. The summed E-state index contributed by atoms with van der Waals surface area (Å²) in [5, 5.41) is 3.65. The van der Waals surface area contributed by atoms with E-state index in [1.54, 1.807) is 29.2 Å². The summed E-state index contributed by atoms with van der Waals surface area (Å²) < 4.78 is 43.3. The summed E-state index contributed by atoms with van der Waals surface area (Å²) in [5.74, 6) is -0.120. The summed E-state index contributed by atoms with van der Waals surface area (Å²) in [7, 11) is 2.07. The van der Waals surface area contributed by atoms with Crippen LogP contribution in [0.15, 0.2) is 59.7 Å². The lowest BCUT2D eigenvalue weighted by atomic mass is 10.1. The molecule has 10 heteroatoms. The number of ether oxygens (including phenoxy) is 1. The molecule has 1 fully saturated rings. The van der Waals surface area contributed by atoms with Gasteiger partial charge in [-0.05, 0) is 50.7 Å². The number of alkyl halides is 3. The van der Waals surface area contributed by atoms with Crippen LogP contribution < -0.4 is 10.3 Å². The Balaban J connectivity index is 1.51. The van der Waals surface area contributed by atoms with Gasteiger partial charge in [-0.2, -0.15) is 13.2 Å². The van der Waals surface area contributed by atoms with Gasteiger partial charge in [0, 0.05) is 36.4 Å². The summed E-state index contributed by atoms with van der Waals surface area (Å²) in [6.07, 6.45) is -6.71. The molecule has 0 bridgehead atoms. The fourth-order valence-corrected chi connectivity index (χ4v) is 4.10. The van der Waals surface area contributed by atoms with Gasteiger partial charge < -0.3 is 9.64 Å². The second kappa shape index (κ2) is 9.54. The van der Waals surface area contributed by atoms with Crippen molar-refractivity contribution in [1.29, 1.82) is 0 Å². The molecule has 0 saturated carbocycles. The van der Waals surface area contributed by atoms with Crippen LogP contribution in [0.25, 0.3) is 0 Å².